The van der Waals surface area contributed by atoms with Crippen LogP contribution in [0.5, 0.6) is 0 Å². The van der Waals surface area contributed by atoms with Crippen molar-refractivity contribution in [3.05, 3.63) is 64.0 Å². The number of amides is 1. The zero-order valence-electron chi connectivity index (χ0n) is 17.9. The van der Waals surface area contributed by atoms with Crippen molar-refractivity contribution in [2.75, 3.05) is 13.1 Å². The van der Waals surface area contributed by atoms with Gasteiger partial charge in [-0.15, -0.1) is 10.2 Å². The highest BCUT2D eigenvalue weighted by molar-refractivity contribution is 5.95. The van der Waals surface area contributed by atoms with Crippen molar-refractivity contribution >= 4 is 11.6 Å². The Morgan fingerprint density at radius 3 is 2.63 bits per heavy atom. The van der Waals surface area contributed by atoms with Gasteiger partial charge in [0.2, 0.25) is 0 Å². The molecule has 30 heavy (non-hydrogen) atoms. The van der Waals surface area contributed by atoms with E-state index in [4.69, 9.17) is 0 Å². The molecule has 3 aromatic heterocycles. The molecule has 158 valence electrons. The van der Waals surface area contributed by atoms with Crippen molar-refractivity contribution in [2.45, 2.75) is 52.5 Å². The molecule has 4 heterocycles. The molecule has 0 atom stereocenters. The largest absolute Gasteiger partial charge is 0.338 e. The number of nitrogens with zero attached hydrogens (tertiary/aromatic N) is 5. The third kappa shape index (κ3) is 3.88. The quantitative estimate of drug-likeness (QED) is 0.651. The highest BCUT2D eigenvalue weighted by Gasteiger charge is 2.29. The normalized spacial score (nSPS) is 15.3. The van der Waals surface area contributed by atoms with Gasteiger partial charge in [-0.25, -0.2) is 0 Å². The summed E-state index contributed by atoms with van der Waals surface area (Å²) in [5, 5.41) is 8.62. The first-order valence-electron chi connectivity index (χ1n) is 10.7. The summed E-state index contributed by atoms with van der Waals surface area (Å²) in [5.74, 6) is 1.56. The minimum atomic E-state index is -0.175. The number of hydrogen-bond donors (Lipinski definition) is 0. The highest BCUT2D eigenvalue weighted by Crippen LogP contribution is 2.27. The molecule has 1 fully saturated rings. The minimum Gasteiger partial charge on any atom is -0.338 e. The van der Waals surface area contributed by atoms with E-state index in [-0.39, 0.29) is 17.4 Å². The van der Waals surface area contributed by atoms with Gasteiger partial charge in [0, 0.05) is 37.9 Å². The van der Waals surface area contributed by atoms with Crippen molar-refractivity contribution in [3.8, 4) is 0 Å². The number of pyridine rings is 2. The van der Waals surface area contributed by atoms with Crippen LogP contribution >= 0.6 is 0 Å². The lowest BCUT2D eigenvalue weighted by Crippen LogP contribution is -2.42. The van der Waals surface area contributed by atoms with Crippen LogP contribution in [0.25, 0.3) is 5.65 Å². The van der Waals surface area contributed by atoms with Crippen molar-refractivity contribution in [1.82, 2.24) is 24.1 Å². The van der Waals surface area contributed by atoms with Gasteiger partial charge in [0.1, 0.15) is 11.4 Å². The Bertz CT molecular complexity index is 1110. The number of fused-ring (bicyclic) bond motifs is 1. The zero-order chi connectivity index (χ0) is 21.3. The molecule has 1 amide bonds. The maximum atomic E-state index is 13.2. The molecule has 0 N–H and O–H groups in total. The van der Waals surface area contributed by atoms with Gasteiger partial charge in [-0.1, -0.05) is 19.9 Å². The lowest BCUT2D eigenvalue weighted by Gasteiger charge is -2.31. The van der Waals surface area contributed by atoms with Crippen LogP contribution in [0.3, 0.4) is 0 Å². The minimum absolute atomic E-state index is 0.152. The number of rotatable bonds is 5. The monoisotopic (exact) mass is 407 g/mol. The van der Waals surface area contributed by atoms with Gasteiger partial charge in [0.05, 0.1) is 0 Å². The van der Waals surface area contributed by atoms with Crippen LogP contribution in [0, 0.1) is 12.8 Å². The van der Waals surface area contributed by atoms with Crippen molar-refractivity contribution in [1.29, 1.82) is 0 Å². The average molecular weight is 408 g/mol. The molecule has 7 heteroatoms. The van der Waals surface area contributed by atoms with E-state index >= 15 is 0 Å². The molecule has 0 aromatic carbocycles. The summed E-state index contributed by atoms with van der Waals surface area (Å²) in [6, 6.07) is 7.74. The fourth-order valence-corrected chi connectivity index (χ4v) is 4.14. The Hall–Kier alpha value is -2.96. The van der Waals surface area contributed by atoms with E-state index in [1.807, 2.05) is 46.7 Å². The molecular formula is C23H29N5O2. The fraction of sp³-hybridized carbons (Fsp3) is 0.478. The van der Waals surface area contributed by atoms with Crippen molar-refractivity contribution < 1.29 is 4.79 Å². The van der Waals surface area contributed by atoms with Crippen LogP contribution < -0.4 is 5.56 Å². The van der Waals surface area contributed by atoms with Gasteiger partial charge in [0.25, 0.3) is 11.5 Å². The van der Waals surface area contributed by atoms with Crippen molar-refractivity contribution in [3.63, 3.8) is 0 Å². The first-order valence-corrected chi connectivity index (χ1v) is 10.7. The number of aryl methyl sites for hydroxylation is 2. The molecule has 1 aliphatic rings. The van der Waals surface area contributed by atoms with Gasteiger partial charge in [-0.05, 0) is 55.9 Å². The second kappa shape index (κ2) is 8.42. The van der Waals surface area contributed by atoms with Crippen LogP contribution in [-0.4, -0.2) is 43.1 Å². The van der Waals surface area contributed by atoms with Gasteiger partial charge >= 0.3 is 0 Å². The van der Waals surface area contributed by atoms with Gasteiger partial charge in [-0.3, -0.25) is 14.0 Å². The maximum Gasteiger partial charge on any atom is 0.263 e. The highest BCUT2D eigenvalue weighted by atomic mass is 16.2. The summed E-state index contributed by atoms with van der Waals surface area (Å²) in [5.41, 5.74) is 1.73. The Kier molecular flexibility index (Phi) is 5.70. The summed E-state index contributed by atoms with van der Waals surface area (Å²) in [6.45, 7) is 7.98. The van der Waals surface area contributed by atoms with Crippen LogP contribution in [0.2, 0.25) is 0 Å². The number of carbonyl (C=O) groups is 1. The molecule has 0 spiro atoms. The second-order valence-electron chi connectivity index (χ2n) is 8.61. The summed E-state index contributed by atoms with van der Waals surface area (Å²) in [6.07, 6.45) is 6.33. The summed E-state index contributed by atoms with van der Waals surface area (Å²) in [7, 11) is 0. The summed E-state index contributed by atoms with van der Waals surface area (Å²) < 4.78 is 3.70. The average Bonchev–Trinajstić information content (AvgIpc) is 3.17. The topological polar surface area (TPSA) is 72.5 Å². The van der Waals surface area contributed by atoms with Crippen LogP contribution in [0.4, 0.5) is 0 Å². The van der Waals surface area contributed by atoms with Crippen LogP contribution in [0.15, 0.2) is 41.5 Å². The number of aromatic nitrogens is 4. The van der Waals surface area contributed by atoms with E-state index in [0.29, 0.717) is 31.1 Å². The summed E-state index contributed by atoms with van der Waals surface area (Å²) in [4.78, 5) is 28.0. The van der Waals surface area contributed by atoms with Crippen molar-refractivity contribution in [2.24, 2.45) is 5.92 Å². The van der Waals surface area contributed by atoms with E-state index < -0.39 is 0 Å². The van der Waals surface area contributed by atoms with E-state index in [9.17, 15) is 9.59 Å². The lowest BCUT2D eigenvalue weighted by atomic mass is 9.95. The molecule has 1 aliphatic heterocycles. The molecule has 4 rings (SSSR count). The molecule has 0 unspecified atom stereocenters. The molecule has 3 aromatic rings. The Morgan fingerprint density at radius 1 is 1.13 bits per heavy atom. The Morgan fingerprint density at radius 2 is 1.90 bits per heavy atom. The standard InChI is InChI=1S/C23H29N5O2/c1-16(2)7-12-26-13-8-17(3)20(22(26)29)23(30)27-14-9-18(10-15-27)21-25-24-19-6-4-5-11-28(19)21/h4-6,8,11,13,16,18H,7,9-10,12,14-15H2,1-3H3. The van der Waals surface area contributed by atoms with E-state index in [1.54, 1.807) is 10.8 Å². The molecule has 0 saturated carbocycles. The molecule has 7 nitrogen and oxygen atoms in total. The number of piperidine rings is 1. The zero-order valence-corrected chi connectivity index (χ0v) is 17.9. The van der Waals surface area contributed by atoms with E-state index in [1.165, 1.54) is 0 Å². The lowest BCUT2D eigenvalue weighted by molar-refractivity contribution is 0.0707. The smallest absolute Gasteiger partial charge is 0.263 e. The van der Waals surface area contributed by atoms with E-state index in [0.717, 1.165) is 36.3 Å². The SMILES string of the molecule is Cc1ccn(CCC(C)C)c(=O)c1C(=O)N1CCC(c2nnc3ccccn23)CC1. The number of hydrogen-bond acceptors (Lipinski definition) is 4. The Labute approximate surface area is 176 Å². The number of likely N-dealkylation sites (tertiary alicyclic amines) is 1. The first kappa shape index (κ1) is 20.3. The van der Waals surface area contributed by atoms with E-state index in [2.05, 4.69) is 24.0 Å². The first-order chi connectivity index (χ1) is 14.5. The molecule has 0 radical (unpaired) electrons. The summed E-state index contributed by atoms with van der Waals surface area (Å²) >= 11 is 0. The molecule has 0 aliphatic carbocycles. The molecule has 1 saturated heterocycles. The maximum absolute atomic E-state index is 13.2. The Balaban J connectivity index is 1.49. The van der Waals surface area contributed by atoms with Gasteiger partial charge < -0.3 is 9.47 Å². The molecule has 0 bridgehead atoms. The van der Waals surface area contributed by atoms with Gasteiger partial charge in [-0.2, -0.15) is 0 Å². The predicted molar refractivity (Wildman–Crippen MR) is 116 cm³/mol. The third-order valence-corrected chi connectivity index (χ3v) is 6.02. The van der Waals surface area contributed by atoms with Gasteiger partial charge in [0.15, 0.2) is 5.65 Å². The molecular weight excluding hydrogens is 378 g/mol. The van der Waals surface area contributed by atoms with Crippen LogP contribution in [0.1, 0.15) is 60.8 Å². The fourth-order valence-electron chi connectivity index (χ4n) is 4.14. The second-order valence-corrected chi connectivity index (χ2v) is 8.61. The third-order valence-electron chi connectivity index (χ3n) is 6.02. The van der Waals surface area contributed by atoms with Crippen LogP contribution in [-0.2, 0) is 6.54 Å². The number of carbonyl (C=O) groups excluding carboxylic acids is 1. The predicted octanol–water partition coefficient (Wildman–Crippen LogP) is 3.27.